The van der Waals surface area contributed by atoms with Crippen molar-refractivity contribution >= 4 is 63.6 Å². The molecule has 1 aromatic carbocycles. The first kappa shape index (κ1) is 23.8. The van der Waals surface area contributed by atoms with Crippen molar-refractivity contribution in [3.05, 3.63) is 73.2 Å². The molecule has 4 rings (SSSR count). The van der Waals surface area contributed by atoms with E-state index >= 15 is 0 Å². The van der Waals surface area contributed by atoms with Gasteiger partial charge in [-0.3, -0.25) is 9.69 Å². The number of nitrogens with zero attached hydrogens (tertiary/aromatic N) is 1. The molecule has 2 aromatic heterocycles. The molecule has 0 saturated carbocycles. The molecule has 1 amide bonds. The lowest BCUT2D eigenvalue weighted by Crippen LogP contribution is -2.29. The van der Waals surface area contributed by atoms with E-state index in [1.54, 1.807) is 6.07 Å². The number of amides is 1. The molecule has 0 saturated heterocycles. The number of carbonyl (C=O) groups excluding carboxylic acids is 2. The summed E-state index contributed by atoms with van der Waals surface area (Å²) >= 11 is 8.80. The summed E-state index contributed by atoms with van der Waals surface area (Å²) in [5.41, 5.74) is 2.74. The molecule has 0 fully saturated rings. The van der Waals surface area contributed by atoms with Gasteiger partial charge < -0.3 is 10.1 Å². The van der Waals surface area contributed by atoms with Crippen LogP contribution >= 0.6 is 46.7 Å². The van der Waals surface area contributed by atoms with E-state index in [0.29, 0.717) is 14.9 Å². The summed E-state index contributed by atoms with van der Waals surface area (Å²) in [7, 11) is 1.37. The van der Waals surface area contributed by atoms with E-state index in [1.807, 2.05) is 24.3 Å². The first-order valence-corrected chi connectivity index (χ1v) is 11.6. The van der Waals surface area contributed by atoms with Crippen molar-refractivity contribution in [2.24, 2.45) is 0 Å². The Morgan fingerprint density at radius 3 is 2.61 bits per heavy atom. The predicted molar refractivity (Wildman–Crippen MR) is 129 cm³/mol. The molecular formula is C22H22Cl2N2O3S2. The standard InChI is InChI=1S/C22H21ClN2O3S2.ClH/c1-28-22(27)20-16-9-10-25(12-14-5-3-2-4-6-14)13-17(16)30-21(20)24-19(26)11-15-7-8-18(23)29-15;/h2-8H,9-13H2,1H3,(H,24,26);1H. The molecule has 31 heavy (non-hydrogen) atoms. The van der Waals surface area contributed by atoms with E-state index < -0.39 is 5.97 Å². The van der Waals surface area contributed by atoms with Gasteiger partial charge in [0.2, 0.25) is 5.91 Å². The van der Waals surface area contributed by atoms with Gasteiger partial charge in [0.1, 0.15) is 5.00 Å². The molecular weight excluding hydrogens is 475 g/mol. The van der Waals surface area contributed by atoms with Crippen LogP contribution in [0.4, 0.5) is 5.00 Å². The highest BCUT2D eigenvalue weighted by molar-refractivity contribution is 7.17. The van der Waals surface area contributed by atoms with Crippen LogP contribution < -0.4 is 5.32 Å². The van der Waals surface area contributed by atoms with Gasteiger partial charge in [0.05, 0.1) is 23.4 Å². The summed E-state index contributed by atoms with van der Waals surface area (Å²) in [4.78, 5) is 29.4. The molecule has 1 N–H and O–H groups in total. The second-order valence-corrected chi connectivity index (χ2v) is 9.98. The fraction of sp³-hybridized carbons (Fsp3) is 0.273. The quantitative estimate of drug-likeness (QED) is 0.463. The number of thiophene rings is 2. The van der Waals surface area contributed by atoms with Crippen molar-refractivity contribution < 1.29 is 14.3 Å². The Morgan fingerprint density at radius 2 is 1.94 bits per heavy atom. The molecule has 0 bridgehead atoms. The zero-order valence-corrected chi connectivity index (χ0v) is 20.1. The van der Waals surface area contributed by atoms with Gasteiger partial charge in [-0.1, -0.05) is 41.9 Å². The van der Waals surface area contributed by atoms with Crippen molar-refractivity contribution in [1.29, 1.82) is 0 Å². The molecule has 0 unspecified atom stereocenters. The lowest BCUT2D eigenvalue weighted by atomic mass is 10.0. The highest BCUT2D eigenvalue weighted by Crippen LogP contribution is 2.38. The minimum Gasteiger partial charge on any atom is -0.465 e. The molecule has 3 heterocycles. The van der Waals surface area contributed by atoms with E-state index in [4.69, 9.17) is 16.3 Å². The average Bonchev–Trinajstić information content (AvgIpc) is 3.30. The maximum absolute atomic E-state index is 12.6. The lowest BCUT2D eigenvalue weighted by Gasteiger charge is -2.27. The molecule has 0 aliphatic carbocycles. The first-order valence-electron chi connectivity index (χ1n) is 9.56. The van der Waals surface area contributed by atoms with Gasteiger partial charge in [-0.05, 0) is 29.7 Å². The minimum atomic E-state index is -0.404. The molecule has 0 atom stereocenters. The van der Waals surface area contributed by atoms with Gasteiger partial charge in [0, 0.05) is 29.4 Å². The monoisotopic (exact) mass is 496 g/mol. The molecule has 3 aromatic rings. The highest BCUT2D eigenvalue weighted by Gasteiger charge is 2.29. The number of fused-ring (bicyclic) bond motifs is 1. The number of ether oxygens (including phenoxy) is 1. The average molecular weight is 497 g/mol. The SMILES string of the molecule is COC(=O)c1c(NC(=O)Cc2ccc(Cl)s2)sc2c1CCN(Cc1ccccc1)C2.Cl. The molecule has 5 nitrogen and oxygen atoms in total. The third-order valence-corrected chi connectivity index (χ3v) is 7.35. The molecule has 0 spiro atoms. The number of benzene rings is 1. The van der Waals surface area contributed by atoms with Crippen LogP contribution in [-0.4, -0.2) is 30.4 Å². The summed E-state index contributed by atoms with van der Waals surface area (Å²) in [6.45, 7) is 2.45. The Hall–Kier alpha value is -1.90. The van der Waals surface area contributed by atoms with Crippen molar-refractivity contribution in [3.8, 4) is 0 Å². The van der Waals surface area contributed by atoms with Crippen LogP contribution in [0.15, 0.2) is 42.5 Å². The number of anilines is 1. The van der Waals surface area contributed by atoms with Crippen LogP contribution in [0.1, 0.15) is 31.2 Å². The Kier molecular flexibility index (Phi) is 8.13. The predicted octanol–water partition coefficient (Wildman–Crippen LogP) is 5.41. The van der Waals surface area contributed by atoms with Crippen LogP contribution in [0.25, 0.3) is 0 Å². The topological polar surface area (TPSA) is 58.6 Å². The molecule has 164 valence electrons. The Bertz CT molecular complexity index is 1070. The fourth-order valence-electron chi connectivity index (χ4n) is 3.61. The van der Waals surface area contributed by atoms with Gasteiger partial charge in [-0.15, -0.1) is 35.1 Å². The number of hydrogen-bond acceptors (Lipinski definition) is 6. The van der Waals surface area contributed by atoms with E-state index in [0.717, 1.165) is 41.4 Å². The molecule has 1 aliphatic heterocycles. The van der Waals surface area contributed by atoms with E-state index in [-0.39, 0.29) is 24.7 Å². The third-order valence-electron chi connectivity index (χ3n) is 4.99. The van der Waals surface area contributed by atoms with E-state index in [2.05, 4.69) is 22.3 Å². The van der Waals surface area contributed by atoms with Crippen molar-refractivity contribution in [3.63, 3.8) is 0 Å². The zero-order chi connectivity index (χ0) is 21.1. The fourth-order valence-corrected chi connectivity index (χ4v) is 6.00. The summed E-state index contributed by atoms with van der Waals surface area (Å²) in [6, 6.07) is 13.9. The van der Waals surface area contributed by atoms with E-state index in [9.17, 15) is 9.59 Å². The van der Waals surface area contributed by atoms with Crippen LogP contribution in [0, 0.1) is 0 Å². The molecule has 1 aliphatic rings. The maximum Gasteiger partial charge on any atom is 0.341 e. The van der Waals surface area contributed by atoms with Gasteiger partial charge in [-0.25, -0.2) is 4.79 Å². The Morgan fingerprint density at radius 1 is 1.16 bits per heavy atom. The second-order valence-electron chi connectivity index (χ2n) is 7.08. The third kappa shape index (κ3) is 5.67. The summed E-state index contributed by atoms with van der Waals surface area (Å²) < 4.78 is 5.67. The van der Waals surface area contributed by atoms with Crippen LogP contribution in [0.3, 0.4) is 0 Å². The number of nitrogens with one attached hydrogen (secondary N) is 1. The summed E-state index contributed by atoms with van der Waals surface area (Å²) in [5, 5.41) is 3.50. The number of methoxy groups -OCH3 is 1. The number of halogens is 2. The van der Waals surface area contributed by atoms with Crippen molar-refractivity contribution in [2.45, 2.75) is 25.9 Å². The normalized spacial score (nSPS) is 13.2. The highest BCUT2D eigenvalue weighted by atomic mass is 35.5. The van der Waals surface area contributed by atoms with E-state index in [1.165, 1.54) is 35.3 Å². The number of rotatable bonds is 6. The smallest absolute Gasteiger partial charge is 0.341 e. The minimum absolute atomic E-state index is 0. The first-order chi connectivity index (χ1) is 14.5. The zero-order valence-electron chi connectivity index (χ0n) is 16.9. The van der Waals surface area contributed by atoms with Gasteiger partial charge in [-0.2, -0.15) is 0 Å². The van der Waals surface area contributed by atoms with Gasteiger partial charge in [0.25, 0.3) is 0 Å². The summed E-state index contributed by atoms with van der Waals surface area (Å²) in [5.74, 6) is -0.572. The lowest BCUT2D eigenvalue weighted by molar-refractivity contribution is -0.115. The second kappa shape index (κ2) is 10.6. The van der Waals surface area contributed by atoms with Crippen molar-refractivity contribution in [1.82, 2.24) is 4.90 Å². The van der Waals surface area contributed by atoms with Gasteiger partial charge in [0.15, 0.2) is 0 Å². The van der Waals surface area contributed by atoms with Crippen LogP contribution in [0.5, 0.6) is 0 Å². The molecule has 9 heteroatoms. The Labute approximate surface area is 200 Å². The molecule has 0 radical (unpaired) electrons. The maximum atomic E-state index is 12.6. The van der Waals surface area contributed by atoms with Gasteiger partial charge >= 0.3 is 5.97 Å². The van der Waals surface area contributed by atoms with Crippen molar-refractivity contribution in [2.75, 3.05) is 19.0 Å². The largest absolute Gasteiger partial charge is 0.465 e. The van der Waals surface area contributed by atoms with Crippen LogP contribution in [0.2, 0.25) is 4.34 Å². The Balaban J connectivity index is 0.00000272. The number of carbonyl (C=O) groups is 2. The summed E-state index contributed by atoms with van der Waals surface area (Å²) in [6.07, 6.45) is 0.972. The number of hydrogen-bond donors (Lipinski definition) is 1. The number of esters is 1. The van der Waals surface area contributed by atoms with Crippen LogP contribution in [-0.2, 0) is 35.5 Å².